The molecule has 0 aliphatic carbocycles. The summed E-state index contributed by atoms with van der Waals surface area (Å²) in [7, 11) is 0. The lowest BCUT2D eigenvalue weighted by Crippen LogP contribution is -2.42. The van der Waals surface area contributed by atoms with Crippen LogP contribution >= 0.6 is 0 Å². The summed E-state index contributed by atoms with van der Waals surface area (Å²) < 4.78 is 0. The standard InChI is InChI=1S/C12H16N2O5/c15-5-8(16)9(17)10(18)11(19)12-13-6-3-1-2-4-7(6)14-12/h1-4,8-11,15-19H,5H2,(H,13,14)/t8-,9-,10+,11+/m1/s1. The van der Waals surface area contributed by atoms with Gasteiger partial charge in [-0.3, -0.25) is 0 Å². The van der Waals surface area contributed by atoms with Gasteiger partial charge in [0.25, 0.3) is 0 Å². The van der Waals surface area contributed by atoms with E-state index in [0.29, 0.717) is 11.0 Å². The number of aliphatic hydroxyl groups excluding tert-OH is 5. The zero-order valence-corrected chi connectivity index (χ0v) is 10.0. The van der Waals surface area contributed by atoms with Gasteiger partial charge in [0.2, 0.25) is 0 Å². The third-order valence-corrected chi connectivity index (χ3v) is 2.94. The second-order valence-electron chi connectivity index (χ2n) is 4.32. The van der Waals surface area contributed by atoms with Gasteiger partial charge < -0.3 is 30.5 Å². The molecule has 1 aromatic carbocycles. The monoisotopic (exact) mass is 268 g/mol. The number of aliphatic hydroxyl groups is 5. The number of benzene rings is 1. The first-order valence-electron chi connectivity index (χ1n) is 5.82. The fourth-order valence-electron chi connectivity index (χ4n) is 1.80. The molecule has 0 radical (unpaired) electrons. The minimum Gasteiger partial charge on any atom is -0.394 e. The van der Waals surface area contributed by atoms with Gasteiger partial charge in [0, 0.05) is 0 Å². The molecule has 1 aromatic heterocycles. The Morgan fingerprint density at radius 2 is 1.74 bits per heavy atom. The van der Waals surface area contributed by atoms with Crippen molar-refractivity contribution in [3.63, 3.8) is 0 Å². The molecule has 0 saturated carbocycles. The van der Waals surface area contributed by atoms with Gasteiger partial charge >= 0.3 is 0 Å². The maximum absolute atomic E-state index is 9.91. The number of aromatic amines is 1. The predicted molar refractivity (Wildman–Crippen MR) is 66.2 cm³/mol. The first-order valence-corrected chi connectivity index (χ1v) is 5.82. The summed E-state index contributed by atoms with van der Waals surface area (Å²) in [5, 5.41) is 47.1. The van der Waals surface area contributed by atoms with E-state index in [2.05, 4.69) is 9.97 Å². The molecule has 7 heteroatoms. The Kier molecular flexibility index (Phi) is 4.13. The van der Waals surface area contributed by atoms with E-state index >= 15 is 0 Å². The second-order valence-corrected chi connectivity index (χ2v) is 4.32. The summed E-state index contributed by atoms with van der Waals surface area (Å²) in [6.45, 7) is -0.717. The molecule has 0 aliphatic rings. The summed E-state index contributed by atoms with van der Waals surface area (Å²) in [5.74, 6) is 0.0814. The molecule has 4 atom stereocenters. The highest BCUT2D eigenvalue weighted by Gasteiger charge is 2.32. The summed E-state index contributed by atoms with van der Waals surface area (Å²) >= 11 is 0. The number of rotatable bonds is 5. The van der Waals surface area contributed by atoms with E-state index in [1.54, 1.807) is 24.3 Å². The molecule has 0 aliphatic heterocycles. The van der Waals surface area contributed by atoms with Crippen molar-refractivity contribution in [3.05, 3.63) is 30.1 Å². The van der Waals surface area contributed by atoms with Crippen LogP contribution in [0.3, 0.4) is 0 Å². The molecule has 0 saturated heterocycles. The Hall–Kier alpha value is -1.51. The van der Waals surface area contributed by atoms with Gasteiger partial charge in [-0.2, -0.15) is 0 Å². The minimum absolute atomic E-state index is 0.0814. The fourth-order valence-corrected chi connectivity index (χ4v) is 1.80. The quantitative estimate of drug-likeness (QED) is 0.398. The van der Waals surface area contributed by atoms with Crippen molar-refractivity contribution in [3.8, 4) is 0 Å². The highest BCUT2D eigenvalue weighted by Crippen LogP contribution is 2.21. The van der Waals surface area contributed by atoms with Gasteiger partial charge in [0.05, 0.1) is 17.6 Å². The molecular weight excluding hydrogens is 252 g/mol. The van der Waals surface area contributed by atoms with Gasteiger partial charge in [0.1, 0.15) is 30.2 Å². The molecule has 2 rings (SSSR count). The van der Waals surface area contributed by atoms with Crippen LogP contribution in [0.4, 0.5) is 0 Å². The normalized spacial score (nSPS) is 18.2. The van der Waals surface area contributed by atoms with Crippen molar-refractivity contribution >= 4 is 11.0 Å². The summed E-state index contributed by atoms with van der Waals surface area (Å²) in [6.07, 6.45) is -6.37. The molecule has 1 heterocycles. The molecule has 0 fully saturated rings. The van der Waals surface area contributed by atoms with E-state index in [0.717, 1.165) is 0 Å². The Morgan fingerprint density at radius 3 is 2.37 bits per heavy atom. The van der Waals surface area contributed by atoms with Crippen molar-refractivity contribution in [2.45, 2.75) is 24.4 Å². The third-order valence-electron chi connectivity index (χ3n) is 2.94. The Morgan fingerprint density at radius 1 is 1.05 bits per heavy atom. The lowest BCUT2D eigenvalue weighted by molar-refractivity contribution is -0.117. The number of aromatic nitrogens is 2. The number of hydrogen-bond acceptors (Lipinski definition) is 6. The molecule has 6 N–H and O–H groups in total. The van der Waals surface area contributed by atoms with Crippen molar-refractivity contribution in [2.75, 3.05) is 6.61 Å². The molecule has 0 amide bonds. The average molecular weight is 268 g/mol. The zero-order chi connectivity index (χ0) is 14.0. The number of nitrogens with zero attached hydrogens (tertiary/aromatic N) is 1. The van der Waals surface area contributed by atoms with Crippen LogP contribution < -0.4 is 0 Å². The van der Waals surface area contributed by atoms with Gasteiger partial charge in [-0.1, -0.05) is 12.1 Å². The molecule has 2 aromatic rings. The second kappa shape index (κ2) is 5.64. The molecule has 0 bridgehead atoms. The Labute approximate surface area is 108 Å². The van der Waals surface area contributed by atoms with E-state index in [1.807, 2.05) is 0 Å². The molecule has 7 nitrogen and oxygen atoms in total. The number of nitrogens with one attached hydrogen (secondary N) is 1. The summed E-state index contributed by atoms with van der Waals surface area (Å²) in [4.78, 5) is 6.89. The van der Waals surface area contributed by atoms with Crippen molar-refractivity contribution in [1.29, 1.82) is 0 Å². The van der Waals surface area contributed by atoms with Crippen LogP contribution in [0.25, 0.3) is 11.0 Å². The van der Waals surface area contributed by atoms with Crippen LogP contribution in [0.1, 0.15) is 11.9 Å². The van der Waals surface area contributed by atoms with Crippen LogP contribution in [0.5, 0.6) is 0 Å². The van der Waals surface area contributed by atoms with E-state index in [9.17, 15) is 20.4 Å². The van der Waals surface area contributed by atoms with Crippen molar-refractivity contribution in [1.82, 2.24) is 9.97 Å². The molecule has 0 spiro atoms. The van der Waals surface area contributed by atoms with Crippen LogP contribution in [0.2, 0.25) is 0 Å². The molecule has 19 heavy (non-hydrogen) atoms. The lowest BCUT2D eigenvalue weighted by atomic mass is 10.0. The maximum Gasteiger partial charge on any atom is 0.140 e. The number of para-hydroxylation sites is 2. The molecule has 104 valence electrons. The topological polar surface area (TPSA) is 130 Å². The summed E-state index contributed by atoms with van der Waals surface area (Å²) in [6, 6.07) is 7.05. The lowest BCUT2D eigenvalue weighted by Gasteiger charge is -2.24. The Bertz CT molecular complexity index is 511. The smallest absolute Gasteiger partial charge is 0.140 e. The first-order chi connectivity index (χ1) is 9.04. The number of imidazole rings is 1. The highest BCUT2D eigenvalue weighted by atomic mass is 16.4. The van der Waals surface area contributed by atoms with Crippen molar-refractivity contribution in [2.24, 2.45) is 0 Å². The van der Waals surface area contributed by atoms with Crippen LogP contribution in [-0.2, 0) is 0 Å². The summed E-state index contributed by atoms with van der Waals surface area (Å²) in [5.41, 5.74) is 1.29. The number of H-pyrrole nitrogens is 1. The van der Waals surface area contributed by atoms with E-state index < -0.39 is 31.0 Å². The third kappa shape index (κ3) is 2.75. The van der Waals surface area contributed by atoms with Gasteiger partial charge in [-0.25, -0.2) is 4.98 Å². The zero-order valence-electron chi connectivity index (χ0n) is 10.0. The Balaban J connectivity index is 2.20. The van der Waals surface area contributed by atoms with Gasteiger partial charge in [-0.15, -0.1) is 0 Å². The molecule has 0 unspecified atom stereocenters. The highest BCUT2D eigenvalue weighted by molar-refractivity contribution is 5.74. The maximum atomic E-state index is 9.91. The van der Waals surface area contributed by atoms with Crippen LogP contribution in [0.15, 0.2) is 24.3 Å². The van der Waals surface area contributed by atoms with Crippen LogP contribution in [-0.4, -0.2) is 60.4 Å². The largest absolute Gasteiger partial charge is 0.394 e. The number of hydrogen-bond donors (Lipinski definition) is 6. The average Bonchev–Trinajstić information content (AvgIpc) is 2.87. The minimum atomic E-state index is -1.67. The van der Waals surface area contributed by atoms with E-state index in [4.69, 9.17) is 5.11 Å². The fraction of sp³-hybridized carbons (Fsp3) is 0.417. The van der Waals surface area contributed by atoms with Gasteiger partial charge in [-0.05, 0) is 12.1 Å². The van der Waals surface area contributed by atoms with Gasteiger partial charge in [0.15, 0.2) is 0 Å². The molecular formula is C12H16N2O5. The number of fused-ring (bicyclic) bond motifs is 1. The van der Waals surface area contributed by atoms with Crippen molar-refractivity contribution < 1.29 is 25.5 Å². The first kappa shape index (κ1) is 13.9. The predicted octanol–water partition coefficient (Wildman–Crippen LogP) is -1.33. The SMILES string of the molecule is OC[C@@H](O)[C@@H](O)[C@H](O)[C@H](O)c1nc2ccccc2[nH]1. The van der Waals surface area contributed by atoms with Crippen LogP contribution in [0, 0.1) is 0 Å². The van der Waals surface area contributed by atoms with E-state index in [1.165, 1.54) is 0 Å². The van der Waals surface area contributed by atoms with E-state index in [-0.39, 0.29) is 5.82 Å².